The lowest BCUT2D eigenvalue weighted by Crippen LogP contribution is -2.32. The fraction of sp³-hybridized carbons (Fsp3) is 0.148. The van der Waals surface area contributed by atoms with Crippen LogP contribution in [0.15, 0.2) is 91.0 Å². The number of allylic oxidation sites excluding steroid dienone is 1. The number of nitrogens with one attached hydrogen (secondary N) is 2. The van der Waals surface area contributed by atoms with E-state index in [-0.39, 0.29) is 11.7 Å². The molecule has 0 aliphatic carbocycles. The number of aromatic hydroxyl groups is 1. The molecule has 3 amide bonds. The van der Waals surface area contributed by atoms with Crippen LogP contribution in [0.3, 0.4) is 0 Å². The lowest BCUT2D eigenvalue weighted by molar-refractivity contribution is -0.111. The third-order valence-corrected chi connectivity index (χ3v) is 5.09. The Hall–Kier alpha value is -4.59. The molecule has 3 rings (SSSR count). The second-order valence-corrected chi connectivity index (χ2v) is 7.72. The van der Waals surface area contributed by atoms with E-state index in [9.17, 15) is 19.5 Å². The Bertz CT molecular complexity index is 1180. The average Bonchev–Trinajstić information content (AvgIpc) is 2.85. The van der Waals surface area contributed by atoms with Crippen LogP contribution in [0.4, 0.5) is 16.2 Å². The van der Waals surface area contributed by atoms with Gasteiger partial charge in [-0.05, 0) is 67.3 Å². The van der Waals surface area contributed by atoms with Gasteiger partial charge in [0.15, 0.2) is 0 Å². The molecule has 0 bridgehead atoms. The number of amides is 3. The normalized spacial score (nSPS) is 11.5. The van der Waals surface area contributed by atoms with Gasteiger partial charge in [0.1, 0.15) is 11.9 Å². The summed E-state index contributed by atoms with van der Waals surface area (Å²) in [5, 5.41) is 14.5. The summed E-state index contributed by atoms with van der Waals surface area (Å²) in [7, 11) is 0. The molecule has 1 atom stereocenters. The van der Waals surface area contributed by atoms with Gasteiger partial charge in [-0.25, -0.2) is 4.79 Å². The van der Waals surface area contributed by atoms with Crippen LogP contribution in [0, 0.1) is 0 Å². The Balaban J connectivity index is 1.54. The van der Waals surface area contributed by atoms with Crippen LogP contribution in [0.5, 0.6) is 5.75 Å². The highest BCUT2D eigenvalue weighted by atomic mass is 16.6. The predicted molar refractivity (Wildman–Crippen MR) is 134 cm³/mol. The minimum Gasteiger partial charge on any atom is -0.508 e. The van der Waals surface area contributed by atoms with E-state index in [4.69, 9.17) is 10.5 Å². The highest BCUT2D eigenvalue weighted by Crippen LogP contribution is 2.26. The topological polar surface area (TPSA) is 131 Å². The summed E-state index contributed by atoms with van der Waals surface area (Å²) in [5.41, 5.74) is 7.86. The van der Waals surface area contributed by atoms with Gasteiger partial charge in [-0.3, -0.25) is 14.9 Å². The maximum atomic E-state index is 12.4. The van der Waals surface area contributed by atoms with Crippen molar-refractivity contribution in [2.75, 3.05) is 11.1 Å². The summed E-state index contributed by atoms with van der Waals surface area (Å²) in [4.78, 5) is 36.7. The SMILES string of the molecule is Nc1ccccc1NC(=O)/C=C/CCC[C@@H](OC(=O)NC(=O)c1ccccc1)c1ccc(O)cc1. The maximum Gasteiger partial charge on any atom is 0.414 e. The van der Waals surface area contributed by atoms with E-state index < -0.39 is 18.1 Å². The molecule has 8 nitrogen and oxygen atoms in total. The number of rotatable bonds is 9. The van der Waals surface area contributed by atoms with Gasteiger partial charge in [-0.15, -0.1) is 0 Å². The number of benzene rings is 3. The van der Waals surface area contributed by atoms with Crippen molar-refractivity contribution in [3.8, 4) is 5.75 Å². The van der Waals surface area contributed by atoms with Gasteiger partial charge in [0.05, 0.1) is 11.4 Å². The van der Waals surface area contributed by atoms with Crippen molar-refractivity contribution in [2.24, 2.45) is 0 Å². The van der Waals surface area contributed by atoms with Crippen molar-refractivity contribution >= 4 is 29.3 Å². The number of anilines is 2. The molecule has 0 aromatic heterocycles. The Labute approximate surface area is 203 Å². The minimum atomic E-state index is -0.868. The lowest BCUT2D eigenvalue weighted by atomic mass is 10.0. The number of phenols is 1. The summed E-state index contributed by atoms with van der Waals surface area (Å²) in [6, 6.07) is 21.6. The van der Waals surface area contributed by atoms with Gasteiger partial charge < -0.3 is 20.9 Å². The van der Waals surface area contributed by atoms with Crippen molar-refractivity contribution in [3.63, 3.8) is 0 Å². The maximum absolute atomic E-state index is 12.4. The molecule has 180 valence electrons. The Kier molecular flexibility index (Phi) is 9.01. The molecular weight excluding hydrogens is 446 g/mol. The monoisotopic (exact) mass is 473 g/mol. The summed E-state index contributed by atoms with van der Waals surface area (Å²) in [6.45, 7) is 0. The van der Waals surface area contributed by atoms with Gasteiger partial charge in [-0.2, -0.15) is 0 Å². The lowest BCUT2D eigenvalue weighted by Gasteiger charge is -2.18. The third-order valence-electron chi connectivity index (χ3n) is 5.09. The molecular formula is C27H27N3O5. The first-order chi connectivity index (χ1) is 16.9. The van der Waals surface area contributed by atoms with E-state index >= 15 is 0 Å². The molecule has 35 heavy (non-hydrogen) atoms. The third kappa shape index (κ3) is 8.04. The van der Waals surface area contributed by atoms with E-state index in [1.165, 1.54) is 18.2 Å². The number of alkyl carbamates (subject to hydrolysis) is 1. The molecule has 0 spiro atoms. The number of nitrogens with two attached hydrogens (primary N) is 1. The molecule has 0 saturated heterocycles. The standard InChI is InChI=1S/C27H27N3O5/c28-22-11-7-8-12-23(22)29-25(32)14-6-2-5-13-24(19-15-17-21(31)18-16-19)35-27(34)30-26(33)20-9-3-1-4-10-20/h1,3-4,6-12,14-18,24,31H,2,5,13,28H2,(H,29,32)(H,30,33,34)/b14-6+/t24-/m1/s1. The summed E-state index contributed by atoms with van der Waals surface area (Å²) in [5.74, 6) is -0.773. The molecule has 0 fully saturated rings. The Morgan fingerprint density at radius 2 is 1.63 bits per heavy atom. The van der Waals surface area contributed by atoms with E-state index in [1.807, 2.05) is 0 Å². The quantitative estimate of drug-likeness (QED) is 0.198. The Morgan fingerprint density at radius 1 is 0.943 bits per heavy atom. The van der Waals surface area contributed by atoms with Crippen LogP contribution in [-0.4, -0.2) is 23.0 Å². The number of imide groups is 1. The molecule has 3 aromatic carbocycles. The number of para-hydroxylation sites is 2. The molecule has 0 saturated carbocycles. The van der Waals surface area contributed by atoms with Gasteiger partial charge in [0.25, 0.3) is 5.91 Å². The first-order valence-corrected chi connectivity index (χ1v) is 11.1. The van der Waals surface area contributed by atoms with E-state index in [0.717, 1.165) is 0 Å². The van der Waals surface area contributed by atoms with E-state index in [0.29, 0.717) is 41.8 Å². The van der Waals surface area contributed by atoms with E-state index in [1.54, 1.807) is 72.8 Å². The highest BCUT2D eigenvalue weighted by Gasteiger charge is 2.19. The molecule has 5 N–H and O–H groups in total. The number of carbonyl (C=O) groups is 3. The largest absolute Gasteiger partial charge is 0.508 e. The molecule has 3 aromatic rings. The second-order valence-electron chi connectivity index (χ2n) is 7.72. The van der Waals surface area contributed by atoms with Crippen LogP contribution in [0.1, 0.15) is 41.3 Å². The molecule has 0 aliphatic heterocycles. The first kappa shape index (κ1) is 25.0. The van der Waals surface area contributed by atoms with Gasteiger partial charge in [0.2, 0.25) is 5.91 Å². The molecule has 0 heterocycles. The van der Waals surface area contributed by atoms with E-state index in [2.05, 4.69) is 10.6 Å². The van der Waals surface area contributed by atoms with Crippen molar-refractivity contribution in [3.05, 3.63) is 102 Å². The fourth-order valence-electron chi connectivity index (χ4n) is 3.29. The number of hydrogen-bond acceptors (Lipinski definition) is 6. The number of ether oxygens (including phenoxy) is 1. The van der Waals surface area contributed by atoms with Crippen molar-refractivity contribution in [1.29, 1.82) is 0 Å². The zero-order valence-corrected chi connectivity index (χ0v) is 19.0. The predicted octanol–water partition coefficient (Wildman–Crippen LogP) is 4.95. The van der Waals surface area contributed by atoms with Crippen LogP contribution < -0.4 is 16.4 Å². The second kappa shape index (κ2) is 12.6. The minimum absolute atomic E-state index is 0.0872. The molecule has 0 aliphatic rings. The number of carbonyl (C=O) groups excluding carboxylic acids is 3. The highest BCUT2D eigenvalue weighted by molar-refractivity contribution is 6.03. The van der Waals surface area contributed by atoms with Gasteiger partial charge in [-0.1, -0.05) is 48.5 Å². The van der Waals surface area contributed by atoms with Gasteiger partial charge in [0, 0.05) is 5.56 Å². The zero-order valence-electron chi connectivity index (χ0n) is 19.0. The van der Waals surface area contributed by atoms with Crippen LogP contribution >= 0.6 is 0 Å². The number of hydrogen-bond donors (Lipinski definition) is 4. The van der Waals surface area contributed by atoms with Gasteiger partial charge >= 0.3 is 6.09 Å². The first-order valence-electron chi connectivity index (χ1n) is 11.1. The Morgan fingerprint density at radius 3 is 2.34 bits per heavy atom. The zero-order chi connectivity index (χ0) is 25.0. The van der Waals surface area contributed by atoms with Crippen LogP contribution in [0.25, 0.3) is 0 Å². The van der Waals surface area contributed by atoms with Crippen molar-refractivity contribution < 1.29 is 24.2 Å². The summed E-state index contributed by atoms with van der Waals surface area (Å²) < 4.78 is 5.52. The number of nitrogen functional groups attached to an aromatic ring is 1. The average molecular weight is 474 g/mol. The van der Waals surface area contributed by atoms with Crippen LogP contribution in [0.2, 0.25) is 0 Å². The number of unbranched alkanes of at least 4 members (excludes halogenated alkanes) is 1. The molecule has 0 radical (unpaired) electrons. The smallest absolute Gasteiger partial charge is 0.414 e. The summed E-state index contributed by atoms with van der Waals surface area (Å²) in [6.07, 6.45) is 3.23. The van der Waals surface area contributed by atoms with Crippen LogP contribution in [-0.2, 0) is 9.53 Å². The fourth-order valence-corrected chi connectivity index (χ4v) is 3.29. The summed E-state index contributed by atoms with van der Waals surface area (Å²) >= 11 is 0. The number of phenolic OH excluding ortho intramolecular Hbond substituents is 1. The molecule has 0 unspecified atom stereocenters. The van der Waals surface area contributed by atoms with Crippen molar-refractivity contribution in [2.45, 2.75) is 25.4 Å². The molecule has 8 heteroatoms. The van der Waals surface area contributed by atoms with Crippen molar-refractivity contribution in [1.82, 2.24) is 5.32 Å².